The van der Waals surface area contributed by atoms with Gasteiger partial charge in [-0.15, -0.1) is 0 Å². The maximum atomic E-state index is 12.0. The van der Waals surface area contributed by atoms with Crippen molar-refractivity contribution in [1.29, 1.82) is 0 Å². The second kappa shape index (κ2) is 5.09. The quantitative estimate of drug-likeness (QED) is 0.482. The Hall–Kier alpha value is -2.75. The van der Waals surface area contributed by atoms with Crippen LogP contribution >= 0.6 is 0 Å². The third-order valence-electron chi connectivity index (χ3n) is 2.30. The lowest BCUT2D eigenvalue weighted by Crippen LogP contribution is -2.15. The zero-order valence-electron chi connectivity index (χ0n) is 9.92. The molecule has 0 saturated heterocycles. The largest absolute Gasteiger partial charge is 0.393 e. The molecule has 0 unspecified atom stereocenters. The second-order valence-electron chi connectivity index (χ2n) is 3.66. The number of nitrogens with two attached hydrogens (primary N) is 1. The molecule has 0 saturated carbocycles. The maximum Gasteiger partial charge on any atom is 0.293 e. The normalized spacial score (nSPS) is 11.0. The van der Waals surface area contributed by atoms with Gasteiger partial charge in [-0.3, -0.25) is 10.1 Å². The molecular formula is C10H9N5O4S. The van der Waals surface area contributed by atoms with Gasteiger partial charge in [0.15, 0.2) is 0 Å². The number of sulfonamides is 1. The Morgan fingerprint density at radius 1 is 1.25 bits per heavy atom. The number of hydrogen-bond acceptors (Lipinski definition) is 7. The standard InChI is InChI=1S/C10H9N5O4S/c11-8-3-2-7(6-9(8)15(16)17)20(18,19)14-10-12-4-1-5-13-10/h1-6H,11H2,(H,12,13,14). The number of aromatic nitrogens is 2. The van der Waals surface area contributed by atoms with Crippen LogP contribution in [0.2, 0.25) is 0 Å². The maximum absolute atomic E-state index is 12.0. The Kier molecular flexibility index (Phi) is 3.48. The third kappa shape index (κ3) is 2.80. The summed E-state index contributed by atoms with van der Waals surface area (Å²) in [6, 6.07) is 4.71. The molecule has 0 amide bonds. The molecule has 20 heavy (non-hydrogen) atoms. The van der Waals surface area contributed by atoms with E-state index in [1.807, 2.05) is 0 Å². The van der Waals surface area contributed by atoms with Crippen LogP contribution < -0.4 is 10.5 Å². The number of nitrogen functional groups attached to an aromatic ring is 1. The van der Waals surface area contributed by atoms with Gasteiger partial charge in [0.2, 0.25) is 5.95 Å². The van der Waals surface area contributed by atoms with Crippen molar-refractivity contribution in [2.45, 2.75) is 4.90 Å². The Morgan fingerprint density at radius 2 is 1.90 bits per heavy atom. The molecule has 2 aromatic rings. The summed E-state index contributed by atoms with van der Waals surface area (Å²) in [5.41, 5.74) is 4.80. The van der Waals surface area contributed by atoms with Crippen molar-refractivity contribution in [3.63, 3.8) is 0 Å². The van der Waals surface area contributed by atoms with E-state index in [1.54, 1.807) is 0 Å². The number of rotatable bonds is 4. The zero-order valence-corrected chi connectivity index (χ0v) is 10.7. The molecule has 0 bridgehead atoms. The lowest BCUT2D eigenvalue weighted by molar-refractivity contribution is -0.384. The summed E-state index contributed by atoms with van der Waals surface area (Å²) in [5, 5.41) is 10.7. The smallest absolute Gasteiger partial charge is 0.293 e. The highest BCUT2D eigenvalue weighted by Crippen LogP contribution is 2.25. The summed E-state index contributed by atoms with van der Waals surface area (Å²) in [6.45, 7) is 0. The molecule has 1 heterocycles. The minimum Gasteiger partial charge on any atom is -0.393 e. The fourth-order valence-corrected chi connectivity index (χ4v) is 2.36. The molecule has 2 rings (SSSR count). The summed E-state index contributed by atoms with van der Waals surface area (Å²) in [7, 11) is -4.02. The monoisotopic (exact) mass is 295 g/mol. The Morgan fingerprint density at radius 3 is 2.50 bits per heavy atom. The van der Waals surface area contributed by atoms with Crippen molar-refractivity contribution >= 4 is 27.3 Å². The molecule has 1 aromatic heterocycles. The number of nitrogens with zero attached hydrogens (tertiary/aromatic N) is 3. The molecule has 9 nitrogen and oxygen atoms in total. The van der Waals surface area contributed by atoms with Crippen molar-refractivity contribution in [3.8, 4) is 0 Å². The number of nitrogens with one attached hydrogen (secondary N) is 1. The van der Waals surface area contributed by atoms with E-state index in [4.69, 9.17) is 5.73 Å². The molecule has 0 atom stereocenters. The highest BCUT2D eigenvalue weighted by Gasteiger charge is 2.21. The molecule has 104 valence electrons. The number of hydrogen-bond donors (Lipinski definition) is 2. The number of anilines is 2. The van der Waals surface area contributed by atoms with Crippen LogP contribution in [0, 0.1) is 10.1 Å². The molecule has 0 aliphatic carbocycles. The fourth-order valence-electron chi connectivity index (χ4n) is 1.38. The van der Waals surface area contributed by atoms with Gasteiger partial charge < -0.3 is 5.73 Å². The van der Waals surface area contributed by atoms with Crippen LogP contribution in [-0.2, 0) is 10.0 Å². The van der Waals surface area contributed by atoms with E-state index in [-0.39, 0.29) is 16.5 Å². The Balaban J connectivity index is 2.40. The minimum absolute atomic E-state index is 0.120. The average Bonchev–Trinajstić information content (AvgIpc) is 2.39. The van der Waals surface area contributed by atoms with E-state index in [2.05, 4.69) is 14.7 Å². The molecule has 1 aromatic carbocycles. The lowest BCUT2D eigenvalue weighted by Gasteiger charge is -2.06. The zero-order chi connectivity index (χ0) is 14.8. The van der Waals surface area contributed by atoms with Gasteiger partial charge in [-0.25, -0.2) is 23.1 Å². The molecule has 0 radical (unpaired) electrons. The van der Waals surface area contributed by atoms with E-state index in [1.165, 1.54) is 18.5 Å². The van der Waals surface area contributed by atoms with E-state index < -0.39 is 20.6 Å². The molecule has 0 aliphatic rings. The summed E-state index contributed by atoms with van der Waals surface area (Å²) in [4.78, 5) is 17.1. The topological polar surface area (TPSA) is 141 Å². The van der Waals surface area contributed by atoms with Crippen LogP contribution in [0.25, 0.3) is 0 Å². The molecular weight excluding hydrogens is 286 g/mol. The van der Waals surface area contributed by atoms with Crippen LogP contribution in [0.1, 0.15) is 0 Å². The van der Waals surface area contributed by atoms with Crippen molar-refractivity contribution < 1.29 is 13.3 Å². The molecule has 10 heteroatoms. The van der Waals surface area contributed by atoms with E-state index in [9.17, 15) is 18.5 Å². The van der Waals surface area contributed by atoms with E-state index in [0.29, 0.717) is 0 Å². The third-order valence-corrected chi connectivity index (χ3v) is 3.63. The summed E-state index contributed by atoms with van der Waals surface area (Å²) in [5.74, 6) is -0.132. The summed E-state index contributed by atoms with van der Waals surface area (Å²) >= 11 is 0. The lowest BCUT2D eigenvalue weighted by atomic mass is 10.3. The van der Waals surface area contributed by atoms with Crippen LogP contribution in [0.15, 0.2) is 41.6 Å². The molecule has 0 spiro atoms. The van der Waals surface area contributed by atoms with E-state index >= 15 is 0 Å². The van der Waals surface area contributed by atoms with Crippen molar-refractivity contribution in [3.05, 3.63) is 46.8 Å². The van der Waals surface area contributed by atoms with Gasteiger partial charge in [-0.2, -0.15) is 0 Å². The van der Waals surface area contributed by atoms with E-state index in [0.717, 1.165) is 18.2 Å². The van der Waals surface area contributed by atoms with Crippen molar-refractivity contribution in [2.24, 2.45) is 0 Å². The highest BCUT2D eigenvalue weighted by molar-refractivity contribution is 7.92. The predicted octanol–water partition coefficient (Wildman–Crippen LogP) is 0.768. The number of nitro benzene ring substituents is 1. The number of nitro groups is 1. The SMILES string of the molecule is Nc1ccc(S(=O)(=O)Nc2ncccn2)cc1[N+](=O)[O-]. The first kappa shape index (κ1) is 13.7. The fraction of sp³-hybridized carbons (Fsp3) is 0. The highest BCUT2D eigenvalue weighted by atomic mass is 32.2. The van der Waals surface area contributed by atoms with Gasteiger partial charge in [0, 0.05) is 18.5 Å². The molecule has 0 fully saturated rings. The van der Waals surface area contributed by atoms with Gasteiger partial charge in [0.25, 0.3) is 15.7 Å². The predicted molar refractivity (Wildman–Crippen MR) is 70.3 cm³/mol. The van der Waals surface area contributed by atoms with Gasteiger partial charge in [-0.1, -0.05) is 0 Å². The van der Waals surface area contributed by atoms with Gasteiger partial charge in [-0.05, 0) is 18.2 Å². The molecule has 3 N–H and O–H groups in total. The van der Waals surface area contributed by atoms with Crippen LogP contribution in [-0.4, -0.2) is 23.3 Å². The van der Waals surface area contributed by atoms with Crippen molar-refractivity contribution in [1.82, 2.24) is 9.97 Å². The molecule has 0 aliphatic heterocycles. The van der Waals surface area contributed by atoms with Gasteiger partial charge in [0.05, 0.1) is 9.82 Å². The van der Waals surface area contributed by atoms with Gasteiger partial charge in [0.1, 0.15) is 5.69 Å². The first-order valence-corrected chi connectivity index (χ1v) is 6.72. The van der Waals surface area contributed by atoms with Crippen molar-refractivity contribution in [2.75, 3.05) is 10.5 Å². The first-order chi connectivity index (χ1) is 9.40. The second-order valence-corrected chi connectivity index (χ2v) is 5.34. The first-order valence-electron chi connectivity index (χ1n) is 5.24. The summed E-state index contributed by atoms with van der Waals surface area (Å²) < 4.78 is 26.2. The van der Waals surface area contributed by atoms with Gasteiger partial charge >= 0.3 is 0 Å². The summed E-state index contributed by atoms with van der Waals surface area (Å²) in [6.07, 6.45) is 2.71. The van der Waals surface area contributed by atoms with Crippen LogP contribution in [0.5, 0.6) is 0 Å². The average molecular weight is 295 g/mol. The Labute approximate surface area is 113 Å². The minimum atomic E-state index is -4.02. The van der Waals surface area contributed by atoms with Crippen LogP contribution in [0.3, 0.4) is 0 Å². The van der Waals surface area contributed by atoms with Crippen LogP contribution in [0.4, 0.5) is 17.3 Å². The number of benzene rings is 1. The Bertz CT molecular complexity index is 747.